The Hall–Kier alpha value is -1.19. The molecule has 1 atom stereocenters. The van der Waals surface area contributed by atoms with Gasteiger partial charge >= 0.3 is 0 Å². The molecule has 2 rings (SSSR count). The normalized spacial score (nSPS) is 16.9. The minimum Gasteiger partial charge on any atom is -0.784 e. The maximum absolute atomic E-state index is 8.44. The van der Waals surface area contributed by atoms with Crippen LogP contribution in [0, 0.1) is 12.3 Å². The molecule has 0 amide bonds. The van der Waals surface area contributed by atoms with E-state index in [0.29, 0.717) is 12.6 Å². The maximum Gasteiger partial charge on any atom is 0.0578 e. The lowest BCUT2D eigenvalue weighted by Crippen LogP contribution is -2.19. The van der Waals surface area contributed by atoms with Crippen LogP contribution in [0.1, 0.15) is 23.6 Å². The quantitative estimate of drug-likeness (QED) is 0.625. The third kappa shape index (κ3) is 4.67. The van der Waals surface area contributed by atoms with Gasteiger partial charge in [-0.15, -0.1) is 17.8 Å². The highest BCUT2D eigenvalue weighted by molar-refractivity contribution is 7.72. The summed E-state index contributed by atoms with van der Waals surface area (Å²) < 4.78 is 25.3. The summed E-state index contributed by atoms with van der Waals surface area (Å²) in [7, 11) is 0. The van der Waals surface area contributed by atoms with E-state index in [1.165, 1.54) is 24.0 Å². The van der Waals surface area contributed by atoms with E-state index in [1.54, 1.807) is 0 Å². The topological polar surface area (TPSA) is 75.2 Å². The Labute approximate surface area is 104 Å². The predicted octanol–water partition coefficient (Wildman–Crippen LogP) is 0.893. The fourth-order valence-electron chi connectivity index (χ4n) is 1.95. The summed E-state index contributed by atoms with van der Waals surface area (Å²) in [4.78, 5) is 0. The van der Waals surface area contributed by atoms with E-state index < -0.39 is 11.4 Å². The van der Waals surface area contributed by atoms with Gasteiger partial charge in [-0.2, -0.15) is 0 Å². The Kier molecular flexibility index (Phi) is 5.87. The van der Waals surface area contributed by atoms with Crippen molar-refractivity contribution in [2.24, 2.45) is 0 Å². The standard InChI is InChI=1S/C12H13N.H2O3S/c1-2-9-13-12-8-7-10-5-3-4-6-11(10)12;1-4(2)3/h1,3-6,12-13H,7-9H2;(H2,1,2,3)/p-2/t12-;/m1./s1. The smallest absolute Gasteiger partial charge is 0.0578 e. The molecular formula is C12H13NO3S-2. The Bertz CT molecular complexity index is 424. The minimum atomic E-state index is -3.11. The van der Waals surface area contributed by atoms with E-state index in [4.69, 9.17) is 19.7 Å². The van der Waals surface area contributed by atoms with Crippen LogP contribution >= 0.6 is 0 Å². The number of benzene rings is 1. The first-order valence-corrected chi connectivity index (χ1v) is 6.16. The molecule has 1 aromatic carbocycles. The van der Waals surface area contributed by atoms with Crippen molar-refractivity contribution >= 4 is 11.4 Å². The zero-order valence-electron chi connectivity index (χ0n) is 9.22. The molecule has 1 aliphatic rings. The van der Waals surface area contributed by atoms with Crippen molar-refractivity contribution < 1.29 is 13.3 Å². The SMILES string of the molecule is C#CCN[C@@H]1CCc2ccccc21.O=S([O-])[O-]. The van der Waals surface area contributed by atoms with Gasteiger partial charge in [-0.3, -0.25) is 9.53 Å². The second-order valence-electron chi connectivity index (χ2n) is 3.58. The highest BCUT2D eigenvalue weighted by Gasteiger charge is 2.20. The number of hydrogen-bond acceptors (Lipinski definition) is 4. The number of terminal acetylenes is 1. The molecule has 0 fully saturated rings. The molecule has 92 valence electrons. The molecule has 0 saturated carbocycles. The van der Waals surface area contributed by atoms with Crippen LogP contribution in [0.25, 0.3) is 0 Å². The molecule has 1 N–H and O–H groups in total. The molecule has 17 heavy (non-hydrogen) atoms. The van der Waals surface area contributed by atoms with E-state index in [0.717, 1.165) is 0 Å². The van der Waals surface area contributed by atoms with Crippen LogP contribution in [0.2, 0.25) is 0 Å². The summed E-state index contributed by atoms with van der Waals surface area (Å²) in [6, 6.07) is 9.06. The first-order valence-electron chi connectivity index (χ1n) is 5.16. The average Bonchev–Trinajstić information content (AvgIpc) is 2.69. The van der Waals surface area contributed by atoms with Crippen molar-refractivity contribution in [3.8, 4) is 12.3 Å². The summed E-state index contributed by atoms with van der Waals surface area (Å²) in [6.07, 6.45) is 7.57. The van der Waals surface area contributed by atoms with E-state index in [-0.39, 0.29) is 0 Å². The third-order valence-corrected chi connectivity index (χ3v) is 2.58. The minimum absolute atomic E-state index is 0.479. The van der Waals surface area contributed by atoms with Gasteiger partial charge < -0.3 is 9.11 Å². The van der Waals surface area contributed by atoms with Crippen molar-refractivity contribution in [1.82, 2.24) is 5.32 Å². The summed E-state index contributed by atoms with van der Waals surface area (Å²) in [5.74, 6) is 2.61. The first-order chi connectivity index (χ1) is 8.15. The number of hydrogen-bond donors (Lipinski definition) is 1. The van der Waals surface area contributed by atoms with E-state index in [2.05, 4.69) is 35.5 Å². The van der Waals surface area contributed by atoms with Gasteiger partial charge in [0.15, 0.2) is 0 Å². The van der Waals surface area contributed by atoms with Gasteiger partial charge in [0.1, 0.15) is 0 Å². The predicted molar refractivity (Wildman–Crippen MR) is 64.0 cm³/mol. The fourth-order valence-corrected chi connectivity index (χ4v) is 1.95. The second kappa shape index (κ2) is 7.20. The van der Waals surface area contributed by atoms with E-state index in [9.17, 15) is 0 Å². The van der Waals surface area contributed by atoms with Gasteiger partial charge in [0, 0.05) is 6.04 Å². The Morgan fingerprint density at radius 1 is 1.47 bits per heavy atom. The molecule has 5 heteroatoms. The molecule has 0 aromatic heterocycles. The van der Waals surface area contributed by atoms with Crippen LogP contribution in [-0.4, -0.2) is 19.9 Å². The van der Waals surface area contributed by atoms with Gasteiger partial charge in [0.05, 0.1) is 6.54 Å². The van der Waals surface area contributed by atoms with Crippen LogP contribution in [0.3, 0.4) is 0 Å². The van der Waals surface area contributed by atoms with Crippen LogP contribution in [0.15, 0.2) is 24.3 Å². The van der Waals surface area contributed by atoms with Crippen LogP contribution < -0.4 is 5.32 Å². The average molecular weight is 251 g/mol. The first kappa shape index (κ1) is 13.9. The Morgan fingerprint density at radius 3 is 2.76 bits per heavy atom. The van der Waals surface area contributed by atoms with Gasteiger partial charge in [-0.25, -0.2) is 0 Å². The molecule has 0 saturated heterocycles. The Morgan fingerprint density at radius 2 is 2.12 bits per heavy atom. The molecule has 0 aliphatic heterocycles. The lowest BCUT2D eigenvalue weighted by molar-refractivity contribution is 0.419. The summed E-state index contributed by atoms with van der Waals surface area (Å²) in [5, 5.41) is 3.35. The summed E-state index contributed by atoms with van der Waals surface area (Å²) in [6.45, 7) is 0.666. The van der Waals surface area contributed by atoms with Crippen LogP contribution in [-0.2, 0) is 17.8 Å². The van der Waals surface area contributed by atoms with Crippen LogP contribution in [0.4, 0.5) is 0 Å². The monoisotopic (exact) mass is 251 g/mol. The van der Waals surface area contributed by atoms with Crippen molar-refractivity contribution in [3.05, 3.63) is 35.4 Å². The zero-order valence-corrected chi connectivity index (χ0v) is 10.0. The molecule has 0 bridgehead atoms. The van der Waals surface area contributed by atoms with E-state index in [1.807, 2.05) is 0 Å². The molecule has 0 radical (unpaired) electrons. The molecule has 0 spiro atoms. The molecule has 1 aromatic rings. The van der Waals surface area contributed by atoms with Gasteiger partial charge in [0.2, 0.25) is 0 Å². The van der Waals surface area contributed by atoms with Gasteiger partial charge in [0.25, 0.3) is 0 Å². The summed E-state index contributed by atoms with van der Waals surface area (Å²) >= 11 is -3.11. The van der Waals surface area contributed by atoms with Gasteiger partial charge in [-0.05, 0) is 24.0 Å². The van der Waals surface area contributed by atoms with Crippen molar-refractivity contribution in [2.75, 3.05) is 6.54 Å². The second-order valence-corrected chi connectivity index (χ2v) is 3.99. The number of rotatable bonds is 2. The third-order valence-electron chi connectivity index (χ3n) is 2.58. The van der Waals surface area contributed by atoms with Crippen molar-refractivity contribution in [1.29, 1.82) is 0 Å². The largest absolute Gasteiger partial charge is 0.784 e. The molecule has 0 heterocycles. The molecular weight excluding hydrogens is 238 g/mol. The molecule has 0 unspecified atom stereocenters. The Balaban J connectivity index is 0.000000317. The number of aryl methyl sites for hydroxylation is 1. The van der Waals surface area contributed by atoms with Crippen LogP contribution in [0.5, 0.6) is 0 Å². The fraction of sp³-hybridized carbons (Fsp3) is 0.333. The lowest BCUT2D eigenvalue weighted by atomic mass is 10.1. The summed E-state index contributed by atoms with van der Waals surface area (Å²) in [5.41, 5.74) is 2.90. The van der Waals surface area contributed by atoms with Gasteiger partial charge in [-0.1, -0.05) is 30.2 Å². The lowest BCUT2D eigenvalue weighted by Gasteiger charge is -2.10. The number of fused-ring (bicyclic) bond motifs is 1. The molecule has 4 nitrogen and oxygen atoms in total. The zero-order chi connectivity index (χ0) is 12.7. The maximum atomic E-state index is 8.44. The number of nitrogens with one attached hydrogen (secondary N) is 1. The highest BCUT2D eigenvalue weighted by atomic mass is 32.2. The highest BCUT2D eigenvalue weighted by Crippen LogP contribution is 2.30. The van der Waals surface area contributed by atoms with E-state index >= 15 is 0 Å². The molecule has 1 aliphatic carbocycles. The van der Waals surface area contributed by atoms with Crippen molar-refractivity contribution in [2.45, 2.75) is 18.9 Å². The van der Waals surface area contributed by atoms with Crippen molar-refractivity contribution in [3.63, 3.8) is 0 Å².